The second-order valence-corrected chi connectivity index (χ2v) is 6.76. The van der Waals surface area contributed by atoms with E-state index in [1.54, 1.807) is 0 Å². The van der Waals surface area contributed by atoms with E-state index in [1.807, 2.05) is 4.90 Å². The van der Waals surface area contributed by atoms with E-state index in [2.05, 4.69) is 18.7 Å². The Morgan fingerprint density at radius 1 is 0.833 bits per heavy atom. The van der Waals surface area contributed by atoms with Crippen molar-refractivity contribution in [1.82, 2.24) is 9.80 Å². The zero-order chi connectivity index (χ0) is 18.2. The molecule has 0 aromatic rings. The smallest absolute Gasteiger partial charge is 0.317 e. The van der Waals surface area contributed by atoms with Crippen molar-refractivity contribution in [1.29, 1.82) is 0 Å². The van der Waals surface area contributed by atoms with E-state index >= 15 is 0 Å². The number of nitrogens with zero attached hydrogens (tertiary/aromatic N) is 2. The van der Waals surface area contributed by atoms with Gasteiger partial charge in [-0.05, 0) is 25.9 Å². The molecule has 0 aromatic heterocycles. The van der Waals surface area contributed by atoms with Crippen LogP contribution in [0.25, 0.3) is 0 Å². The molecule has 0 rings (SSSR count). The molecule has 0 aliphatic heterocycles. The van der Waals surface area contributed by atoms with Gasteiger partial charge in [0.15, 0.2) is 0 Å². The fraction of sp³-hybridized carbons (Fsp3) is 0.944. The average Bonchev–Trinajstić information content (AvgIpc) is 2.51. The van der Waals surface area contributed by atoms with Gasteiger partial charge < -0.3 is 21.5 Å². The van der Waals surface area contributed by atoms with E-state index in [0.717, 1.165) is 19.6 Å². The van der Waals surface area contributed by atoms with Gasteiger partial charge in [-0.25, -0.2) is 0 Å². The number of aliphatic carboxylic acids is 1. The van der Waals surface area contributed by atoms with Crippen molar-refractivity contribution in [3.8, 4) is 0 Å². The average molecular weight is 345 g/mol. The van der Waals surface area contributed by atoms with Gasteiger partial charge in [0, 0.05) is 19.6 Å². The Balaban J connectivity index is 4.31. The van der Waals surface area contributed by atoms with Crippen LogP contribution in [0.1, 0.15) is 65.2 Å². The molecule has 0 aliphatic carbocycles. The molecule has 0 fully saturated rings. The molecular formula is C18H40N4O2. The molecule has 0 spiro atoms. The molecule has 0 aliphatic rings. The monoisotopic (exact) mass is 344 g/mol. The van der Waals surface area contributed by atoms with Crippen LogP contribution in [0.2, 0.25) is 0 Å². The second-order valence-electron chi connectivity index (χ2n) is 6.76. The quantitative estimate of drug-likeness (QED) is 0.276. The van der Waals surface area contributed by atoms with Crippen LogP contribution in [0, 0.1) is 0 Å². The fourth-order valence-corrected chi connectivity index (χ4v) is 2.87. The van der Waals surface area contributed by atoms with Gasteiger partial charge >= 0.3 is 5.97 Å². The lowest BCUT2D eigenvalue weighted by Gasteiger charge is -2.27. The van der Waals surface area contributed by atoms with Gasteiger partial charge in [0.1, 0.15) is 0 Å². The molecule has 0 bridgehead atoms. The summed E-state index contributed by atoms with van der Waals surface area (Å²) in [5.41, 5.74) is 11.3. The van der Waals surface area contributed by atoms with Crippen molar-refractivity contribution in [2.45, 2.75) is 71.4 Å². The van der Waals surface area contributed by atoms with Gasteiger partial charge in [-0.3, -0.25) is 9.69 Å². The van der Waals surface area contributed by atoms with E-state index in [4.69, 9.17) is 16.6 Å². The third-order valence-electron chi connectivity index (χ3n) is 4.22. The molecule has 5 N–H and O–H groups in total. The summed E-state index contributed by atoms with van der Waals surface area (Å²) >= 11 is 0. The van der Waals surface area contributed by atoms with Gasteiger partial charge in [0.2, 0.25) is 0 Å². The van der Waals surface area contributed by atoms with Crippen LogP contribution in [0.4, 0.5) is 0 Å². The summed E-state index contributed by atoms with van der Waals surface area (Å²) in [4.78, 5) is 15.3. The summed E-state index contributed by atoms with van der Waals surface area (Å²) in [5.74, 6) is -0.826. The highest BCUT2D eigenvalue weighted by Crippen LogP contribution is 2.06. The normalized spacial score (nSPS) is 11.8. The molecule has 24 heavy (non-hydrogen) atoms. The minimum Gasteiger partial charge on any atom is -0.480 e. The standard InChI is InChI=1S/C18H40N4O2/c1-3-5-7-9-11-21(12-10-8-6-4-2)13-14-22(15-17(19)20)16-18(23)24/h17H,3-16,19-20H2,1-2H3,(H,23,24). The number of hydrogen-bond acceptors (Lipinski definition) is 5. The van der Waals surface area contributed by atoms with Crippen LogP contribution in [-0.4, -0.2) is 66.3 Å². The molecule has 0 unspecified atom stereocenters. The van der Waals surface area contributed by atoms with Gasteiger partial charge in [0.05, 0.1) is 12.7 Å². The lowest BCUT2D eigenvalue weighted by atomic mass is 10.1. The highest BCUT2D eigenvalue weighted by atomic mass is 16.4. The van der Waals surface area contributed by atoms with Crippen molar-refractivity contribution in [3.05, 3.63) is 0 Å². The predicted octanol–water partition coefficient (Wildman–Crippen LogP) is 2.08. The zero-order valence-electron chi connectivity index (χ0n) is 15.9. The lowest BCUT2D eigenvalue weighted by molar-refractivity contribution is -0.138. The van der Waals surface area contributed by atoms with Gasteiger partial charge in [-0.1, -0.05) is 52.4 Å². The number of nitrogens with two attached hydrogens (primary N) is 2. The van der Waals surface area contributed by atoms with Crippen LogP contribution < -0.4 is 11.5 Å². The van der Waals surface area contributed by atoms with E-state index < -0.39 is 12.1 Å². The zero-order valence-corrected chi connectivity index (χ0v) is 15.9. The Morgan fingerprint density at radius 2 is 1.33 bits per heavy atom. The summed E-state index contributed by atoms with van der Waals surface area (Å²) in [6.07, 6.45) is 9.56. The van der Waals surface area contributed by atoms with Crippen molar-refractivity contribution < 1.29 is 9.90 Å². The summed E-state index contributed by atoms with van der Waals surface area (Å²) in [6, 6.07) is 0. The van der Waals surface area contributed by atoms with Crippen molar-refractivity contribution in [2.75, 3.05) is 39.3 Å². The number of carboxylic acid groups (broad SMARTS) is 1. The molecule has 0 saturated heterocycles. The number of carbonyl (C=O) groups is 1. The third kappa shape index (κ3) is 14.9. The predicted molar refractivity (Wildman–Crippen MR) is 101 cm³/mol. The Morgan fingerprint density at radius 3 is 1.75 bits per heavy atom. The van der Waals surface area contributed by atoms with Gasteiger partial charge in [-0.2, -0.15) is 0 Å². The minimum atomic E-state index is -0.826. The number of carboxylic acids is 1. The minimum absolute atomic E-state index is 0.00437. The summed E-state index contributed by atoms with van der Waals surface area (Å²) in [6.45, 7) is 8.67. The molecule has 6 heteroatoms. The summed E-state index contributed by atoms with van der Waals surface area (Å²) in [7, 11) is 0. The van der Waals surface area contributed by atoms with Crippen LogP contribution in [0.3, 0.4) is 0 Å². The lowest BCUT2D eigenvalue weighted by Crippen LogP contribution is -2.47. The topological polar surface area (TPSA) is 95.8 Å². The highest BCUT2D eigenvalue weighted by Gasteiger charge is 2.13. The molecule has 0 atom stereocenters. The number of hydrogen-bond donors (Lipinski definition) is 3. The first-order valence-corrected chi connectivity index (χ1v) is 9.67. The van der Waals surface area contributed by atoms with Crippen LogP contribution >= 0.6 is 0 Å². The number of unbranched alkanes of at least 4 members (excludes halogenated alkanes) is 6. The van der Waals surface area contributed by atoms with Gasteiger partial charge in [-0.15, -0.1) is 0 Å². The first-order valence-electron chi connectivity index (χ1n) is 9.67. The third-order valence-corrected chi connectivity index (χ3v) is 4.22. The van der Waals surface area contributed by atoms with Crippen LogP contribution in [0.15, 0.2) is 0 Å². The van der Waals surface area contributed by atoms with Crippen molar-refractivity contribution in [2.24, 2.45) is 11.5 Å². The maximum absolute atomic E-state index is 11.0. The van der Waals surface area contributed by atoms with Crippen LogP contribution in [0.5, 0.6) is 0 Å². The molecule has 0 saturated carbocycles. The van der Waals surface area contributed by atoms with Gasteiger partial charge in [0.25, 0.3) is 0 Å². The van der Waals surface area contributed by atoms with Crippen molar-refractivity contribution in [3.63, 3.8) is 0 Å². The number of rotatable bonds is 17. The first-order chi connectivity index (χ1) is 11.5. The molecule has 144 valence electrons. The van der Waals surface area contributed by atoms with Crippen molar-refractivity contribution >= 4 is 5.97 Å². The molecular weight excluding hydrogens is 304 g/mol. The molecule has 0 aromatic carbocycles. The maximum atomic E-state index is 11.0. The SMILES string of the molecule is CCCCCCN(CCCCCC)CCN(CC(=O)O)CC(N)N. The Hall–Kier alpha value is -0.690. The largest absolute Gasteiger partial charge is 0.480 e. The van der Waals surface area contributed by atoms with Crippen LogP contribution in [-0.2, 0) is 4.79 Å². The molecule has 0 radical (unpaired) electrons. The fourth-order valence-electron chi connectivity index (χ4n) is 2.87. The Kier molecular flexibility index (Phi) is 15.4. The summed E-state index contributed by atoms with van der Waals surface area (Å²) < 4.78 is 0. The molecule has 0 heterocycles. The maximum Gasteiger partial charge on any atom is 0.317 e. The van der Waals surface area contributed by atoms with E-state index in [-0.39, 0.29) is 6.54 Å². The Labute approximate surface area is 148 Å². The van der Waals surface area contributed by atoms with E-state index in [1.165, 1.54) is 51.4 Å². The van der Waals surface area contributed by atoms with E-state index in [9.17, 15) is 4.79 Å². The first kappa shape index (κ1) is 23.3. The highest BCUT2D eigenvalue weighted by molar-refractivity contribution is 5.69. The van der Waals surface area contributed by atoms with E-state index in [0.29, 0.717) is 13.1 Å². The summed E-state index contributed by atoms with van der Waals surface area (Å²) in [5, 5.41) is 9.03. The molecule has 6 nitrogen and oxygen atoms in total. The second kappa shape index (κ2) is 15.8. The molecule has 0 amide bonds. The Bertz CT molecular complexity index is 289.